The van der Waals surface area contributed by atoms with E-state index in [-0.39, 0.29) is 31.3 Å². The number of anilines is 2. The molecule has 4 N–H and O–H groups in total. The van der Waals surface area contributed by atoms with E-state index in [0.29, 0.717) is 22.5 Å². The average molecular weight is 552 g/mol. The number of halogens is 5. The summed E-state index contributed by atoms with van der Waals surface area (Å²) in [6.07, 6.45) is -5.49. The largest absolute Gasteiger partial charge is 0.491 e. The van der Waals surface area contributed by atoms with Crippen molar-refractivity contribution >= 4 is 23.4 Å². The van der Waals surface area contributed by atoms with Gasteiger partial charge in [-0.05, 0) is 60.2 Å². The summed E-state index contributed by atoms with van der Waals surface area (Å²) in [4.78, 5) is 12.0. The number of nitrogens with two attached hydrogens (primary N) is 2. The fourth-order valence-corrected chi connectivity index (χ4v) is 3.11. The summed E-state index contributed by atoms with van der Waals surface area (Å²) in [6.45, 7) is -1.94. The molecule has 12 heteroatoms. The molecule has 0 bridgehead atoms. The Labute approximate surface area is 220 Å². The van der Waals surface area contributed by atoms with E-state index in [9.17, 15) is 26.7 Å². The van der Waals surface area contributed by atoms with E-state index in [2.05, 4.69) is 4.74 Å². The highest BCUT2D eigenvalue weighted by molar-refractivity contribution is 5.87. The van der Waals surface area contributed by atoms with E-state index in [0.717, 1.165) is 12.1 Å². The van der Waals surface area contributed by atoms with Crippen molar-refractivity contribution in [1.29, 1.82) is 0 Å². The lowest BCUT2D eigenvalue weighted by Gasteiger charge is -2.18. The Bertz CT molecular complexity index is 1260. The second-order valence-corrected chi connectivity index (χ2v) is 8.13. The van der Waals surface area contributed by atoms with Gasteiger partial charge in [0.15, 0.2) is 0 Å². The van der Waals surface area contributed by atoms with Crippen molar-refractivity contribution in [3.8, 4) is 11.5 Å². The maximum Gasteiger partial charge on any atom is 0.426 e. The smallest absolute Gasteiger partial charge is 0.426 e. The molecule has 0 aliphatic heterocycles. The van der Waals surface area contributed by atoms with Crippen LogP contribution >= 0.6 is 0 Å². The highest BCUT2D eigenvalue weighted by atomic mass is 19.4. The second kappa shape index (κ2) is 13.0. The first kappa shape index (κ1) is 29.2. The predicted octanol–water partition coefficient (Wildman–Crippen LogP) is 5.69. The lowest BCUT2D eigenvalue weighted by atomic mass is 10.2. The van der Waals surface area contributed by atoms with Gasteiger partial charge in [-0.1, -0.05) is 18.2 Å². The Balaban J connectivity index is 1.47. The Morgan fingerprint density at radius 3 is 2.15 bits per heavy atom. The number of benzene rings is 3. The van der Waals surface area contributed by atoms with Crippen LogP contribution in [0.3, 0.4) is 0 Å². The maximum absolute atomic E-state index is 14.6. The van der Waals surface area contributed by atoms with Gasteiger partial charge < -0.3 is 30.4 Å². The van der Waals surface area contributed by atoms with Crippen LogP contribution < -0.4 is 20.9 Å². The minimum absolute atomic E-state index is 0.0410. The topological polar surface area (TPSA) is 106 Å². The molecular weight excluding hydrogens is 527 g/mol. The minimum Gasteiger partial charge on any atom is -0.491 e. The van der Waals surface area contributed by atoms with E-state index in [1.54, 1.807) is 18.2 Å². The lowest BCUT2D eigenvalue weighted by molar-refractivity contribution is -0.185. The van der Waals surface area contributed by atoms with Crippen LogP contribution in [0.25, 0.3) is 6.08 Å². The number of hydrogen-bond donors (Lipinski definition) is 2. The second-order valence-electron chi connectivity index (χ2n) is 8.13. The van der Waals surface area contributed by atoms with Crippen LogP contribution in [-0.4, -0.2) is 32.0 Å². The van der Waals surface area contributed by atoms with E-state index >= 15 is 0 Å². The third-order valence-corrected chi connectivity index (χ3v) is 5.03. The molecule has 3 rings (SSSR count). The molecule has 0 saturated carbocycles. The molecule has 0 atom stereocenters. The van der Waals surface area contributed by atoms with Gasteiger partial charge in [0.1, 0.15) is 31.3 Å². The van der Waals surface area contributed by atoms with Crippen LogP contribution in [0.15, 0.2) is 72.8 Å². The van der Waals surface area contributed by atoms with Crippen LogP contribution in [-0.2, 0) is 27.0 Å². The van der Waals surface area contributed by atoms with Crippen LogP contribution in [0, 0.1) is 0 Å². The van der Waals surface area contributed by atoms with Crippen molar-refractivity contribution in [2.75, 3.05) is 31.3 Å². The number of rotatable bonds is 12. The van der Waals surface area contributed by atoms with Gasteiger partial charge in [0.2, 0.25) is 0 Å². The van der Waals surface area contributed by atoms with Gasteiger partial charge in [0.25, 0.3) is 0 Å². The standard InChI is InChI=1S/C27H25F5N2O5/c28-26(29,30)17-36-13-14-37-22-10-5-20(6-11-22)27(31,32)39-23-8-1-18(2-9-23)3-12-25(35)38-16-19-4-7-21(33)15-24(19)34/h1-12,15H,13-14,16-17,33-34H2/b12-3+. The summed E-state index contributed by atoms with van der Waals surface area (Å²) < 4.78 is 84.8. The molecule has 0 aliphatic rings. The van der Waals surface area contributed by atoms with Gasteiger partial charge in [-0.3, -0.25) is 0 Å². The molecule has 208 valence electrons. The third kappa shape index (κ3) is 9.82. The van der Waals surface area contributed by atoms with Crippen molar-refractivity contribution in [3.63, 3.8) is 0 Å². The van der Waals surface area contributed by atoms with Gasteiger partial charge in [0.05, 0.1) is 12.2 Å². The highest BCUT2D eigenvalue weighted by Gasteiger charge is 2.34. The summed E-state index contributed by atoms with van der Waals surface area (Å²) in [5.74, 6) is -0.572. The summed E-state index contributed by atoms with van der Waals surface area (Å²) in [5, 5.41) is 0. The van der Waals surface area contributed by atoms with Gasteiger partial charge >= 0.3 is 18.3 Å². The summed E-state index contributed by atoms with van der Waals surface area (Å²) in [6, 6.07) is 15.1. The molecule has 0 aromatic heterocycles. The Kier molecular flexibility index (Phi) is 9.72. The number of carbonyl (C=O) groups excluding carboxylic acids is 1. The molecule has 39 heavy (non-hydrogen) atoms. The molecule has 0 heterocycles. The van der Waals surface area contributed by atoms with E-state index in [1.165, 1.54) is 48.6 Å². The zero-order valence-electron chi connectivity index (χ0n) is 20.4. The fourth-order valence-electron chi connectivity index (χ4n) is 3.11. The van der Waals surface area contributed by atoms with E-state index in [4.69, 9.17) is 25.7 Å². The first-order valence-electron chi connectivity index (χ1n) is 11.4. The summed E-state index contributed by atoms with van der Waals surface area (Å²) in [5.41, 5.74) is 13.0. The number of ether oxygens (including phenoxy) is 4. The van der Waals surface area contributed by atoms with Crippen LogP contribution in [0.4, 0.5) is 33.3 Å². The summed E-state index contributed by atoms with van der Waals surface area (Å²) >= 11 is 0. The van der Waals surface area contributed by atoms with Crippen molar-refractivity contribution in [2.45, 2.75) is 18.9 Å². The number of carbonyl (C=O) groups is 1. The fraction of sp³-hybridized carbons (Fsp3) is 0.222. The Morgan fingerprint density at radius 2 is 1.51 bits per heavy atom. The molecule has 0 spiro atoms. The molecule has 0 amide bonds. The normalized spacial score (nSPS) is 11.9. The Morgan fingerprint density at radius 1 is 0.846 bits per heavy atom. The van der Waals surface area contributed by atoms with Gasteiger partial charge in [-0.15, -0.1) is 0 Å². The van der Waals surface area contributed by atoms with Gasteiger partial charge in [-0.2, -0.15) is 22.0 Å². The molecule has 3 aromatic carbocycles. The summed E-state index contributed by atoms with van der Waals surface area (Å²) in [7, 11) is 0. The lowest BCUT2D eigenvalue weighted by Crippen LogP contribution is -2.21. The first-order chi connectivity index (χ1) is 18.4. The Hall–Kier alpha value is -4.32. The average Bonchev–Trinajstić information content (AvgIpc) is 2.87. The zero-order valence-corrected chi connectivity index (χ0v) is 20.4. The van der Waals surface area contributed by atoms with Crippen LogP contribution in [0.1, 0.15) is 16.7 Å². The van der Waals surface area contributed by atoms with Crippen molar-refractivity contribution < 1.29 is 45.7 Å². The molecule has 0 saturated heterocycles. The van der Waals surface area contributed by atoms with Gasteiger partial charge in [-0.25, -0.2) is 4.79 Å². The molecule has 7 nitrogen and oxygen atoms in total. The molecule has 0 unspecified atom stereocenters. The van der Waals surface area contributed by atoms with Crippen LogP contribution in [0.5, 0.6) is 11.5 Å². The SMILES string of the molecule is Nc1ccc(COC(=O)/C=C/c2ccc(OC(F)(F)c3ccc(OCCOCC(F)(F)F)cc3)cc2)c(N)c1. The number of alkyl halides is 5. The van der Waals surface area contributed by atoms with E-state index < -0.39 is 30.4 Å². The first-order valence-corrected chi connectivity index (χ1v) is 11.4. The molecule has 0 fully saturated rings. The monoisotopic (exact) mass is 552 g/mol. The zero-order chi connectivity index (χ0) is 28.5. The van der Waals surface area contributed by atoms with Crippen molar-refractivity contribution in [2.24, 2.45) is 0 Å². The third-order valence-electron chi connectivity index (χ3n) is 5.03. The van der Waals surface area contributed by atoms with Crippen molar-refractivity contribution in [3.05, 3.63) is 89.5 Å². The van der Waals surface area contributed by atoms with E-state index in [1.807, 2.05) is 0 Å². The molecule has 0 aliphatic carbocycles. The quantitative estimate of drug-likeness (QED) is 0.0977. The predicted molar refractivity (Wildman–Crippen MR) is 134 cm³/mol. The van der Waals surface area contributed by atoms with Gasteiger partial charge in [0, 0.05) is 23.0 Å². The number of esters is 1. The minimum atomic E-state index is -4.44. The highest BCUT2D eigenvalue weighted by Crippen LogP contribution is 2.32. The van der Waals surface area contributed by atoms with Crippen LogP contribution in [0.2, 0.25) is 0 Å². The number of hydrogen-bond acceptors (Lipinski definition) is 7. The molecular formula is C27H25F5N2O5. The number of nitrogen functional groups attached to an aromatic ring is 2. The molecule has 0 radical (unpaired) electrons. The molecule has 3 aromatic rings. The van der Waals surface area contributed by atoms with Crippen molar-refractivity contribution in [1.82, 2.24) is 0 Å². The maximum atomic E-state index is 14.6.